The summed E-state index contributed by atoms with van der Waals surface area (Å²) >= 11 is 0. The SMILES string of the molecule is CC(CCc1ccccc1F)C(=O)NC1CCCC1CN.Cl. The molecule has 0 bridgehead atoms. The summed E-state index contributed by atoms with van der Waals surface area (Å²) < 4.78 is 13.6. The Morgan fingerprint density at radius 1 is 1.41 bits per heavy atom. The molecule has 0 heterocycles. The Morgan fingerprint density at radius 2 is 2.14 bits per heavy atom. The zero-order valence-electron chi connectivity index (χ0n) is 13.1. The van der Waals surface area contributed by atoms with E-state index in [-0.39, 0.29) is 36.1 Å². The maximum atomic E-state index is 13.6. The largest absolute Gasteiger partial charge is 0.353 e. The summed E-state index contributed by atoms with van der Waals surface area (Å²) in [5, 5.41) is 3.12. The van der Waals surface area contributed by atoms with E-state index in [1.165, 1.54) is 6.07 Å². The highest BCUT2D eigenvalue weighted by Crippen LogP contribution is 2.25. The van der Waals surface area contributed by atoms with Gasteiger partial charge in [0, 0.05) is 12.0 Å². The van der Waals surface area contributed by atoms with Crippen molar-refractivity contribution in [3.63, 3.8) is 0 Å². The lowest BCUT2D eigenvalue weighted by atomic mass is 9.98. The van der Waals surface area contributed by atoms with E-state index in [1.807, 2.05) is 13.0 Å². The van der Waals surface area contributed by atoms with E-state index in [0.29, 0.717) is 30.9 Å². The van der Waals surface area contributed by atoms with Crippen molar-refractivity contribution < 1.29 is 9.18 Å². The monoisotopic (exact) mass is 328 g/mol. The first-order valence-electron chi connectivity index (χ1n) is 7.85. The number of rotatable bonds is 6. The van der Waals surface area contributed by atoms with Crippen molar-refractivity contribution in [2.45, 2.75) is 45.1 Å². The fourth-order valence-corrected chi connectivity index (χ4v) is 3.04. The molecule has 0 spiro atoms. The number of hydrogen-bond acceptors (Lipinski definition) is 2. The van der Waals surface area contributed by atoms with Gasteiger partial charge in [0.15, 0.2) is 0 Å². The van der Waals surface area contributed by atoms with Crippen LogP contribution in [0.2, 0.25) is 0 Å². The third kappa shape index (κ3) is 4.96. The zero-order valence-corrected chi connectivity index (χ0v) is 13.9. The van der Waals surface area contributed by atoms with Gasteiger partial charge in [-0.1, -0.05) is 31.5 Å². The van der Waals surface area contributed by atoms with E-state index in [9.17, 15) is 9.18 Å². The van der Waals surface area contributed by atoms with E-state index in [1.54, 1.807) is 12.1 Å². The Bertz CT molecular complexity index is 483. The van der Waals surface area contributed by atoms with Crippen LogP contribution in [0, 0.1) is 17.7 Å². The summed E-state index contributed by atoms with van der Waals surface area (Å²) in [4.78, 5) is 12.2. The van der Waals surface area contributed by atoms with Crippen molar-refractivity contribution in [2.24, 2.45) is 17.6 Å². The molecule has 1 aromatic carbocycles. The molecule has 3 N–H and O–H groups in total. The van der Waals surface area contributed by atoms with Gasteiger partial charge in [0.05, 0.1) is 0 Å². The van der Waals surface area contributed by atoms with Crippen LogP contribution in [0.1, 0.15) is 38.2 Å². The lowest BCUT2D eigenvalue weighted by Crippen LogP contribution is -2.42. The molecule has 5 heteroatoms. The van der Waals surface area contributed by atoms with Gasteiger partial charge in [0.1, 0.15) is 5.82 Å². The molecule has 124 valence electrons. The predicted octanol–water partition coefficient (Wildman–Crippen LogP) is 3.06. The topological polar surface area (TPSA) is 55.1 Å². The van der Waals surface area contributed by atoms with Gasteiger partial charge < -0.3 is 11.1 Å². The number of nitrogens with two attached hydrogens (primary N) is 1. The van der Waals surface area contributed by atoms with Crippen LogP contribution in [0.25, 0.3) is 0 Å². The normalized spacial score (nSPS) is 22.0. The molecule has 1 saturated carbocycles. The van der Waals surface area contributed by atoms with Gasteiger partial charge in [-0.3, -0.25) is 4.79 Å². The Kier molecular flexibility index (Phi) is 7.83. The zero-order chi connectivity index (χ0) is 15.2. The van der Waals surface area contributed by atoms with E-state index in [2.05, 4.69) is 5.32 Å². The maximum Gasteiger partial charge on any atom is 0.223 e. The van der Waals surface area contributed by atoms with Gasteiger partial charge >= 0.3 is 0 Å². The molecule has 3 atom stereocenters. The summed E-state index contributed by atoms with van der Waals surface area (Å²) in [6.45, 7) is 2.54. The number of carbonyl (C=O) groups is 1. The molecular formula is C17H26ClFN2O. The van der Waals surface area contributed by atoms with Crippen LogP contribution < -0.4 is 11.1 Å². The van der Waals surface area contributed by atoms with Crippen molar-refractivity contribution in [3.05, 3.63) is 35.6 Å². The van der Waals surface area contributed by atoms with E-state index < -0.39 is 0 Å². The highest BCUT2D eigenvalue weighted by Gasteiger charge is 2.28. The molecule has 0 radical (unpaired) electrons. The molecule has 0 saturated heterocycles. The van der Waals surface area contributed by atoms with Gasteiger partial charge in [0.2, 0.25) is 5.91 Å². The number of benzene rings is 1. The quantitative estimate of drug-likeness (QED) is 0.843. The third-order valence-corrected chi connectivity index (χ3v) is 4.54. The van der Waals surface area contributed by atoms with E-state index in [4.69, 9.17) is 5.73 Å². The van der Waals surface area contributed by atoms with Gasteiger partial charge in [-0.05, 0) is 49.8 Å². The van der Waals surface area contributed by atoms with Crippen molar-refractivity contribution in [2.75, 3.05) is 6.54 Å². The van der Waals surface area contributed by atoms with Gasteiger partial charge in [-0.2, -0.15) is 0 Å². The molecule has 1 aromatic rings. The van der Waals surface area contributed by atoms with Crippen LogP contribution in [0.4, 0.5) is 4.39 Å². The van der Waals surface area contributed by atoms with E-state index >= 15 is 0 Å². The first kappa shape index (κ1) is 18.9. The predicted molar refractivity (Wildman–Crippen MR) is 89.5 cm³/mol. The lowest BCUT2D eigenvalue weighted by Gasteiger charge is -2.22. The molecular weight excluding hydrogens is 303 g/mol. The summed E-state index contributed by atoms with van der Waals surface area (Å²) in [6, 6.07) is 6.97. The number of carbonyl (C=O) groups excluding carboxylic acids is 1. The van der Waals surface area contributed by atoms with Crippen LogP contribution in [0.5, 0.6) is 0 Å². The lowest BCUT2D eigenvalue weighted by molar-refractivity contribution is -0.125. The standard InChI is InChI=1S/C17H25FN2O.ClH/c1-12(9-10-13-5-2-3-7-15(13)18)17(21)20-16-8-4-6-14(16)11-19;/h2-3,5,7,12,14,16H,4,6,8-11,19H2,1H3,(H,20,21);1H. The highest BCUT2D eigenvalue weighted by atomic mass is 35.5. The van der Waals surface area contributed by atoms with Crippen molar-refractivity contribution in [3.8, 4) is 0 Å². The fourth-order valence-electron chi connectivity index (χ4n) is 3.04. The molecule has 1 amide bonds. The van der Waals surface area contributed by atoms with Gasteiger partial charge in [-0.15, -0.1) is 12.4 Å². The minimum absolute atomic E-state index is 0. The van der Waals surface area contributed by atoms with E-state index in [0.717, 1.165) is 19.3 Å². The van der Waals surface area contributed by atoms with Crippen molar-refractivity contribution >= 4 is 18.3 Å². The smallest absolute Gasteiger partial charge is 0.223 e. The second kappa shape index (κ2) is 9.11. The Balaban J connectivity index is 0.00000242. The summed E-state index contributed by atoms with van der Waals surface area (Å²) in [7, 11) is 0. The average Bonchev–Trinajstić information content (AvgIpc) is 2.93. The summed E-state index contributed by atoms with van der Waals surface area (Å²) in [5.41, 5.74) is 6.41. The summed E-state index contributed by atoms with van der Waals surface area (Å²) in [6.07, 6.45) is 4.51. The molecule has 0 aliphatic heterocycles. The number of aryl methyl sites for hydroxylation is 1. The van der Waals surface area contributed by atoms with Crippen molar-refractivity contribution in [1.82, 2.24) is 5.32 Å². The maximum absolute atomic E-state index is 13.6. The number of amides is 1. The van der Waals surface area contributed by atoms with Crippen molar-refractivity contribution in [1.29, 1.82) is 0 Å². The Hall–Kier alpha value is -1.13. The van der Waals surface area contributed by atoms with Gasteiger partial charge in [-0.25, -0.2) is 4.39 Å². The number of halogens is 2. The fraction of sp³-hybridized carbons (Fsp3) is 0.588. The van der Waals surface area contributed by atoms with Crippen LogP contribution >= 0.6 is 12.4 Å². The molecule has 0 aromatic heterocycles. The molecule has 3 unspecified atom stereocenters. The van der Waals surface area contributed by atoms with Crippen LogP contribution in [-0.4, -0.2) is 18.5 Å². The Labute approximate surface area is 138 Å². The molecule has 1 aliphatic carbocycles. The molecule has 1 fully saturated rings. The third-order valence-electron chi connectivity index (χ3n) is 4.54. The van der Waals surface area contributed by atoms with Crippen LogP contribution in [0.3, 0.4) is 0 Å². The van der Waals surface area contributed by atoms with Crippen LogP contribution in [0.15, 0.2) is 24.3 Å². The number of nitrogens with one attached hydrogen (secondary N) is 1. The molecule has 22 heavy (non-hydrogen) atoms. The summed E-state index contributed by atoms with van der Waals surface area (Å²) in [5.74, 6) is 0.178. The minimum atomic E-state index is -0.191. The minimum Gasteiger partial charge on any atom is -0.353 e. The first-order valence-corrected chi connectivity index (χ1v) is 7.85. The van der Waals surface area contributed by atoms with Gasteiger partial charge in [0.25, 0.3) is 0 Å². The van der Waals surface area contributed by atoms with Crippen LogP contribution in [-0.2, 0) is 11.2 Å². The molecule has 1 aliphatic rings. The Morgan fingerprint density at radius 3 is 2.82 bits per heavy atom. The average molecular weight is 329 g/mol. The first-order chi connectivity index (χ1) is 10.1. The highest BCUT2D eigenvalue weighted by molar-refractivity contribution is 5.85. The molecule has 3 nitrogen and oxygen atoms in total. The molecule has 2 rings (SSSR count). The second-order valence-corrected chi connectivity index (χ2v) is 6.07. The number of hydrogen-bond donors (Lipinski definition) is 2. The second-order valence-electron chi connectivity index (χ2n) is 6.07.